The zero-order valence-electron chi connectivity index (χ0n) is 19.9. The number of alkyl halides is 6. The van der Waals surface area contributed by atoms with Gasteiger partial charge >= 0.3 is 12.4 Å². The molecular weight excluding hydrogens is 534 g/mol. The second-order valence-electron chi connectivity index (χ2n) is 8.48. The molecule has 0 aliphatic heterocycles. The summed E-state index contributed by atoms with van der Waals surface area (Å²) in [5.74, 6) is -0.561. The van der Waals surface area contributed by atoms with Crippen molar-refractivity contribution in [2.24, 2.45) is 0 Å². The van der Waals surface area contributed by atoms with Gasteiger partial charge in [-0.2, -0.15) is 31.4 Å². The molecule has 3 heterocycles. The maximum atomic E-state index is 13.2. The van der Waals surface area contributed by atoms with Crippen LogP contribution in [0.3, 0.4) is 0 Å². The van der Waals surface area contributed by atoms with E-state index in [1.54, 1.807) is 38.2 Å². The number of nitrogens with one attached hydrogen (secondary N) is 1. The summed E-state index contributed by atoms with van der Waals surface area (Å²) in [6.45, 7) is 3.17. The molecule has 0 radical (unpaired) electrons. The lowest BCUT2D eigenvalue weighted by Gasteiger charge is -2.20. The van der Waals surface area contributed by atoms with Crippen molar-refractivity contribution in [1.29, 1.82) is 0 Å². The Labute approximate surface area is 216 Å². The van der Waals surface area contributed by atoms with Crippen molar-refractivity contribution in [1.82, 2.24) is 25.0 Å². The minimum atomic E-state index is -4.62. The van der Waals surface area contributed by atoms with Gasteiger partial charge in [0.05, 0.1) is 30.3 Å². The highest BCUT2D eigenvalue weighted by Crippen LogP contribution is 2.32. The van der Waals surface area contributed by atoms with Gasteiger partial charge in [-0.15, -0.1) is 10.2 Å². The number of aryl methyl sites for hydroxylation is 1. The summed E-state index contributed by atoms with van der Waals surface area (Å²) in [7, 11) is 0. The molecule has 1 unspecified atom stereocenters. The van der Waals surface area contributed by atoms with Crippen LogP contribution in [0.1, 0.15) is 45.2 Å². The molecule has 3 aromatic heterocycles. The first-order valence-corrected chi connectivity index (χ1v) is 12.0. The van der Waals surface area contributed by atoms with Gasteiger partial charge in [0.25, 0.3) is 5.91 Å². The van der Waals surface area contributed by atoms with E-state index in [0.717, 1.165) is 23.5 Å². The summed E-state index contributed by atoms with van der Waals surface area (Å²) in [5, 5.41) is 15.3. The number of aromatic nitrogens is 5. The molecule has 0 saturated carbocycles. The Bertz CT molecular complexity index is 1430. The van der Waals surface area contributed by atoms with E-state index in [-0.39, 0.29) is 21.7 Å². The molecule has 1 N–H and O–H groups in total. The molecule has 200 valence electrons. The van der Waals surface area contributed by atoms with Gasteiger partial charge in [0.2, 0.25) is 5.01 Å². The number of carbonyl (C=O) groups is 1. The van der Waals surface area contributed by atoms with Gasteiger partial charge < -0.3 is 5.32 Å². The Hall–Kier alpha value is -3.81. The predicted octanol–water partition coefficient (Wildman–Crippen LogP) is 6.18. The Morgan fingerprint density at radius 2 is 1.79 bits per heavy atom. The molecule has 1 amide bonds. The molecule has 1 atom stereocenters. The predicted molar refractivity (Wildman–Crippen MR) is 128 cm³/mol. The fourth-order valence-corrected chi connectivity index (χ4v) is 4.52. The van der Waals surface area contributed by atoms with Crippen LogP contribution < -0.4 is 5.32 Å². The van der Waals surface area contributed by atoms with E-state index < -0.39 is 37.1 Å². The molecule has 1 aromatic carbocycles. The lowest BCUT2D eigenvalue weighted by atomic mass is 9.95. The largest absolute Gasteiger partial charge is 0.393 e. The van der Waals surface area contributed by atoms with E-state index in [9.17, 15) is 31.1 Å². The van der Waals surface area contributed by atoms with Gasteiger partial charge in [-0.05, 0) is 42.7 Å². The van der Waals surface area contributed by atoms with Crippen molar-refractivity contribution in [2.75, 3.05) is 5.32 Å². The second-order valence-corrected chi connectivity index (χ2v) is 9.46. The van der Waals surface area contributed by atoms with E-state index in [4.69, 9.17) is 0 Å². The molecule has 0 spiro atoms. The summed E-state index contributed by atoms with van der Waals surface area (Å²) < 4.78 is 79.5. The standard InChI is InChI=1S/C24H20F6N6OS/c1-13-19(32-20(37)22-34-33-21(38-22)18-5-3-4-8-31-18)12-36(35-13)14(2)17-7-6-15(10-23(25,26)27)9-16(17)11-24(28,29)30/h3-9,12,14H,10-11H2,1-2H3,(H,32,37). The highest BCUT2D eigenvalue weighted by Gasteiger charge is 2.32. The zero-order valence-corrected chi connectivity index (χ0v) is 20.7. The Kier molecular flexibility index (Phi) is 7.54. The number of nitrogens with zero attached hydrogens (tertiary/aromatic N) is 5. The summed E-state index contributed by atoms with van der Waals surface area (Å²) in [6, 6.07) is 7.81. The van der Waals surface area contributed by atoms with Crippen LogP contribution in [0.2, 0.25) is 0 Å². The minimum Gasteiger partial charge on any atom is -0.317 e. The number of hydrogen-bond donors (Lipinski definition) is 1. The van der Waals surface area contributed by atoms with Crippen LogP contribution in [0, 0.1) is 6.92 Å². The van der Waals surface area contributed by atoms with Crippen LogP contribution in [-0.4, -0.2) is 43.2 Å². The van der Waals surface area contributed by atoms with Crippen molar-refractivity contribution < 1.29 is 31.1 Å². The number of benzene rings is 1. The third-order valence-corrected chi connectivity index (χ3v) is 6.46. The average Bonchev–Trinajstić information content (AvgIpc) is 3.45. The summed E-state index contributed by atoms with van der Waals surface area (Å²) in [6.07, 6.45) is -8.88. The van der Waals surface area contributed by atoms with Crippen molar-refractivity contribution in [2.45, 2.75) is 45.1 Å². The SMILES string of the molecule is Cc1nn(C(C)c2ccc(CC(F)(F)F)cc2CC(F)(F)F)cc1NC(=O)c1nnc(-c2ccccn2)s1. The van der Waals surface area contributed by atoms with Gasteiger partial charge in [-0.1, -0.05) is 35.6 Å². The number of anilines is 1. The topological polar surface area (TPSA) is 85.6 Å². The maximum absolute atomic E-state index is 13.2. The Morgan fingerprint density at radius 3 is 2.45 bits per heavy atom. The molecule has 4 rings (SSSR count). The first-order chi connectivity index (χ1) is 17.8. The van der Waals surface area contributed by atoms with Crippen molar-refractivity contribution >= 4 is 22.9 Å². The zero-order chi connectivity index (χ0) is 27.7. The van der Waals surface area contributed by atoms with Gasteiger partial charge in [-0.3, -0.25) is 14.5 Å². The monoisotopic (exact) mass is 554 g/mol. The maximum Gasteiger partial charge on any atom is 0.393 e. The Balaban J connectivity index is 1.56. The highest BCUT2D eigenvalue weighted by molar-refractivity contribution is 7.16. The molecule has 7 nitrogen and oxygen atoms in total. The number of amides is 1. The van der Waals surface area contributed by atoms with Crippen LogP contribution in [0.25, 0.3) is 10.7 Å². The molecule has 0 bridgehead atoms. The molecule has 0 fully saturated rings. The molecule has 0 aliphatic carbocycles. The lowest BCUT2D eigenvalue weighted by Crippen LogP contribution is -2.18. The van der Waals surface area contributed by atoms with E-state index in [0.29, 0.717) is 22.1 Å². The van der Waals surface area contributed by atoms with Crippen LogP contribution >= 0.6 is 11.3 Å². The van der Waals surface area contributed by atoms with E-state index in [1.165, 1.54) is 16.9 Å². The fraction of sp³-hybridized carbons (Fsp3) is 0.292. The molecule has 14 heteroatoms. The first kappa shape index (κ1) is 27.2. The first-order valence-electron chi connectivity index (χ1n) is 11.2. The van der Waals surface area contributed by atoms with Crippen LogP contribution in [-0.2, 0) is 12.8 Å². The van der Waals surface area contributed by atoms with Gasteiger partial charge in [0.1, 0.15) is 5.69 Å². The molecule has 4 aromatic rings. The van der Waals surface area contributed by atoms with Gasteiger partial charge in [-0.25, -0.2) is 0 Å². The summed E-state index contributed by atoms with van der Waals surface area (Å²) in [4.78, 5) is 16.9. The molecule has 0 saturated heterocycles. The Morgan fingerprint density at radius 1 is 1.05 bits per heavy atom. The summed E-state index contributed by atoms with van der Waals surface area (Å²) in [5.41, 5.74) is 0.851. The fourth-order valence-electron chi connectivity index (χ4n) is 3.81. The van der Waals surface area contributed by atoms with Crippen molar-refractivity contribution in [3.63, 3.8) is 0 Å². The molecular formula is C24H20F6N6OS. The lowest BCUT2D eigenvalue weighted by molar-refractivity contribution is -0.127. The van der Waals surface area contributed by atoms with Crippen LogP contribution in [0.5, 0.6) is 0 Å². The number of carbonyl (C=O) groups excluding carboxylic acids is 1. The van der Waals surface area contributed by atoms with Crippen molar-refractivity contribution in [3.05, 3.63) is 76.2 Å². The quantitative estimate of drug-likeness (QED) is 0.276. The van der Waals surface area contributed by atoms with Crippen LogP contribution in [0.4, 0.5) is 32.0 Å². The molecule has 38 heavy (non-hydrogen) atoms. The number of pyridine rings is 1. The van der Waals surface area contributed by atoms with E-state index in [1.807, 2.05) is 0 Å². The second kappa shape index (κ2) is 10.5. The smallest absolute Gasteiger partial charge is 0.317 e. The van der Waals surface area contributed by atoms with E-state index >= 15 is 0 Å². The van der Waals surface area contributed by atoms with Gasteiger partial charge in [0, 0.05) is 12.4 Å². The third-order valence-electron chi connectivity index (χ3n) is 5.52. The van der Waals surface area contributed by atoms with Crippen molar-refractivity contribution in [3.8, 4) is 10.7 Å². The summed E-state index contributed by atoms with van der Waals surface area (Å²) >= 11 is 1.03. The number of hydrogen-bond acceptors (Lipinski definition) is 6. The van der Waals surface area contributed by atoms with E-state index in [2.05, 4.69) is 25.6 Å². The van der Waals surface area contributed by atoms with Crippen LogP contribution in [0.15, 0.2) is 48.8 Å². The third kappa shape index (κ3) is 6.73. The minimum absolute atomic E-state index is 0.0681. The number of rotatable bonds is 7. The normalized spacial score (nSPS) is 12.9. The number of halogens is 6. The van der Waals surface area contributed by atoms with Gasteiger partial charge in [0.15, 0.2) is 5.01 Å². The average molecular weight is 555 g/mol. The highest BCUT2D eigenvalue weighted by atomic mass is 32.1. The molecule has 0 aliphatic rings.